The highest BCUT2D eigenvalue weighted by atomic mass is 35.5. The molecular weight excluding hydrogens is 294 g/mol. The summed E-state index contributed by atoms with van der Waals surface area (Å²) in [6, 6.07) is 7.16. The first kappa shape index (κ1) is 15.1. The maximum atomic E-state index is 11.8. The molecule has 0 aliphatic heterocycles. The van der Waals surface area contributed by atoms with Crippen molar-refractivity contribution >= 4 is 17.3 Å². The SMILES string of the molecule is CCC(=NCc1ccc(Cl)cc1)c1c(O)[nH]c(=O)[nH]c1=O. The third-order valence-corrected chi connectivity index (χ3v) is 3.16. The van der Waals surface area contributed by atoms with E-state index in [1.807, 2.05) is 19.1 Å². The van der Waals surface area contributed by atoms with Crippen LogP contribution in [-0.4, -0.2) is 20.8 Å². The molecule has 3 N–H and O–H groups in total. The number of nitrogens with zero attached hydrogens (tertiary/aromatic N) is 1. The van der Waals surface area contributed by atoms with E-state index >= 15 is 0 Å². The Kier molecular flexibility index (Phi) is 4.59. The fraction of sp³-hybridized carbons (Fsp3) is 0.214. The Balaban J connectivity index is 2.36. The van der Waals surface area contributed by atoms with E-state index in [-0.39, 0.29) is 5.56 Å². The lowest BCUT2D eigenvalue weighted by Crippen LogP contribution is -2.27. The van der Waals surface area contributed by atoms with E-state index in [2.05, 4.69) is 15.0 Å². The zero-order valence-corrected chi connectivity index (χ0v) is 12.1. The predicted molar refractivity (Wildman–Crippen MR) is 81.3 cm³/mol. The first-order chi connectivity index (χ1) is 10.0. The Labute approximate surface area is 125 Å². The van der Waals surface area contributed by atoms with Crippen LogP contribution in [0.25, 0.3) is 0 Å². The maximum Gasteiger partial charge on any atom is 0.328 e. The first-order valence-electron chi connectivity index (χ1n) is 6.35. The molecule has 6 nitrogen and oxygen atoms in total. The van der Waals surface area contributed by atoms with Crippen LogP contribution in [0.4, 0.5) is 0 Å². The lowest BCUT2D eigenvalue weighted by molar-refractivity contribution is 0.447. The van der Waals surface area contributed by atoms with Crippen molar-refractivity contribution in [1.29, 1.82) is 0 Å². The van der Waals surface area contributed by atoms with Gasteiger partial charge in [-0.2, -0.15) is 0 Å². The minimum absolute atomic E-state index is 0.00827. The molecule has 0 aliphatic carbocycles. The van der Waals surface area contributed by atoms with Crippen molar-refractivity contribution in [3.8, 4) is 5.88 Å². The van der Waals surface area contributed by atoms with E-state index in [0.717, 1.165) is 5.56 Å². The van der Waals surface area contributed by atoms with Gasteiger partial charge in [0.05, 0.1) is 12.3 Å². The van der Waals surface area contributed by atoms with Crippen LogP contribution in [0.15, 0.2) is 38.8 Å². The summed E-state index contributed by atoms with van der Waals surface area (Å²) in [5, 5.41) is 10.4. The minimum atomic E-state index is -0.755. The third-order valence-electron chi connectivity index (χ3n) is 2.91. The van der Waals surface area contributed by atoms with E-state index in [9.17, 15) is 14.7 Å². The zero-order valence-electron chi connectivity index (χ0n) is 11.3. The van der Waals surface area contributed by atoms with Crippen LogP contribution in [0.3, 0.4) is 0 Å². The normalized spacial score (nSPS) is 11.6. The van der Waals surface area contributed by atoms with Crippen LogP contribution in [0.1, 0.15) is 24.5 Å². The summed E-state index contributed by atoms with van der Waals surface area (Å²) in [4.78, 5) is 31.4. The molecule has 0 unspecified atom stereocenters. The molecule has 0 saturated carbocycles. The molecule has 1 aromatic heterocycles. The molecule has 0 atom stereocenters. The molecule has 1 aromatic carbocycles. The van der Waals surface area contributed by atoms with Crippen LogP contribution in [0.5, 0.6) is 5.88 Å². The van der Waals surface area contributed by atoms with Crippen molar-refractivity contribution in [2.24, 2.45) is 4.99 Å². The zero-order chi connectivity index (χ0) is 15.4. The van der Waals surface area contributed by atoms with Gasteiger partial charge in [0.25, 0.3) is 5.56 Å². The number of hydrogen-bond acceptors (Lipinski definition) is 4. The Morgan fingerprint density at radius 2 is 1.90 bits per heavy atom. The number of aromatic amines is 2. The van der Waals surface area contributed by atoms with Crippen molar-refractivity contribution in [3.05, 3.63) is 61.3 Å². The fourth-order valence-corrected chi connectivity index (χ4v) is 2.01. The van der Waals surface area contributed by atoms with Gasteiger partial charge in [-0.3, -0.25) is 19.8 Å². The number of hydrogen-bond donors (Lipinski definition) is 3. The van der Waals surface area contributed by atoms with E-state index in [0.29, 0.717) is 23.7 Å². The average Bonchev–Trinajstić information content (AvgIpc) is 2.43. The molecule has 0 amide bonds. The number of rotatable bonds is 4. The Morgan fingerprint density at radius 3 is 2.48 bits per heavy atom. The van der Waals surface area contributed by atoms with Gasteiger partial charge in [-0.25, -0.2) is 4.79 Å². The highest BCUT2D eigenvalue weighted by Crippen LogP contribution is 2.13. The summed E-state index contributed by atoms with van der Waals surface area (Å²) in [6.07, 6.45) is 0.441. The summed E-state index contributed by atoms with van der Waals surface area (Å²) in [6.45, 7) is 2.16. The topological polar surface area (TPSA) is 98.3 Å². The minimum Gasteiger partial charge on any atom is -0.494 e. The van der Waals surface area contributed by atoms with Crippen molar-refractivity contribution in [1.82, 2.24) is 9.97 Å². The van der Waals surface area contributed by atoms with Gasteiger partial charge in [0, 0.05) is 5.02 Å². The highest BCUT2D eigenvalue weighted by Gasteiger charge is 2.13. The summed E-state index contributed by atoms with van der Waals surface area (Å²) < 4.78 is 0. The number of aromatic nitrogens is 2. The average molecular weight is 308 g/mol. The fourth-order valence-electron chi connectivity index (χ4n) is 1.89. The number of aliphatic imine (C=N–C) groups is 1. The van der Waals surface area contributed by atoms with Crippen molar-refractivity contribution in [3.63, 3.8) is 0 Å². The lowest BCUT2D eigenvalue weighted by atomic mass is 10.1. The van der Waals surface area contributed by atoms with E-state index in [1.165, 1.54) is 0 Å². The molecule has 21 heavy (non-hydrogen) atoms. The second-order valence-electron chi connectivity index (χ2n) is 4.37. The van der Waals surface area contributed by atoms with E-state index in [4.69, 9.17) is 11.6 Å². The van der Waals surface area contributed by atoms with Crippen LogP contribution in [0.2, 0.25) is 5.02 Å². The van der Waals surface area contributed by atoms with Crippen molar-refractivity contribution < 1.29 is 5.11 Å². The summed E-state index contributed by atoms with van der Waals surface area (Å²) in [5.41, 5.74) is -0.0842. The number of benzene rings is 1. The molecule has 1 heterocycles. The third kappa shape index (κ3) is 3.61. The molecule has 2 rings (SSSR count). The van der Waals surface area contributed by atoms with Gasteiger partial charge < -0.3 is 5.11 Å². The number of nitrogens with one attached hydrogen (secondary N) is 2. The number of aromatic hydroxyl groups is 1. The molecule has 0 spiro atoms. The van der Waals surface area contributed by atoms with E-state index in [1.54, 1.807) is 12.1 Å². The number of H-pyrrole nitrogens is 2. The lowest BCUT2D eigenvalue weighted by Gasteiger charge is -2.05. The molecule has 0 aliphatic rings. The standard InChI is InChI=1S/C14H14ClN3O3/c1-2-10(11-12(19)17-14(21)18-13(11)20)16-7-8-3-5-9(15)6-4-8/h3-6H,2,7H2,1H3,(H3,17,18,19,20,21). The van der Waals surface area contributed by atoms with Gasteiger partial charge in [-0.15, -0.1) is 0 Å². The predicted octanol–water partition coefficient (Wildman–Crippen LogP) is 1.82. The molecule has 0 radical (unpaired) electrons. The molecule has 0 bridgehead atoms. The molecular formula is C14H14ClN3O3. The summed E-state index contributed by atoms with van der Waals surface area (Å²) in [5.74, 6) is -0.472. The van der Waals surface area contributed by atoms with Gasteiger partial charge in [0.15, 0.2) is 0 Å². The summed E-state index contributed by atoms with van der Waals surface area (Å²) in [7, 11) is 0. The molecule has 7 heteroatoms. The van der Waals surface area contributed by atoms with Gasteiger partial charge in [0.1, 0.15) is 5.56 Å². The number of halogens is 1. The molecule has 0 saturated heterocycles. The monoisotopic (exact) mass is 307 g/mol. The van der Waals surface area contributed by atoms with Gasteiger partial charge >= 0.3 is 5.69 Å². The highest BCUT2D eigenvalue weighted by molar-refractivity contribution is 6.30. The Morgan fingerprint density at radius 1 is 1.24 bits per heavy atom. The Bertz CT molecular complexity index is 775. The van der Waals surface area contributed by atoms with Gasteiger partial charge in [-0.05, 0) is 24.1 Å². The summed E-state index contributed by atoms with van der Waals surface area (Å²) >= 11 is 5.81. The Hall–Kier alpha value is -2.34. The first-order valence-corrected chi connectivity index (χ1v) is 6.72. The van der Waals surface area contributed by atoms with E-state index < -0.39 is 17.1 Å². The maximum absolute atomic E-state index is 11.8. The van der Waals surface area contributed by atoms with Crippen LogP contribution < -0.4 is 11.2 Å². The van der Waals surface area contributed by atoms with Crippen LogP contribution in [0, 0.1) is 0 Å². The largest absolute Gasteiger partial charge is 0.494 e. The second kappa shape index (κ2) is 6.41. The van der Waals surface area contributed by atoms with Crippen molar-refractivity contribution in [2.45, 2.75) is 19.9 Å². The van der Waals surface area contributed by atoms with Crippen LogP contribution >= 0.6 is 11.6 Å². The molecule has 0 fully saturated rings. The van der Waals surface area contributed by atoms with Crippen LogP contribution in [-0.2, 0) is 6.54 Å². The smallest absolute Gasteiger partial charge is 0.328 e. The molecule has 110 valence electrons. The second-order valence-corrected chi connectivity index (χ2v) is 4.81. The quantitative estimate of drug-likeness (QED) is 0.751. The molecule has 2 aromatic rings. The van der Waals surface area contributed by atoms with Gasteiger partial charge in [0.2, 0.25) is 5.88 Å². The van der Waals surface area contributed by atoms with Gasteiger partial charge in [-0.1, -0.05) is 30.7 Å². The van der Waals surface area contributed by atoms with Crippen molar-refractivity contribution in [2.75, 3.05) is 0 Å².